The first-order chi connectivity index (χ1) is 17.2. The van der Waals surface area contributed by atoms with E-state index in [9.17, 15) is 4.79 Å². The summed E-state index contributed by atoms with van der Waals surface area (Å²) in [5.74, 6) is 0.169. The van der Waals surface area contributed by atoms with E-state index in [1.165, 1.54) is 7.11 Å². The maximum atomic E-state index is 15.9. The first-order valence-corrected chi connectivity index (χ1v) is 15.4. The van der Waals surface area contributed by atoms with Gasteiger partial charge in [0.05, 0.1) is 19.3 Å². The Morgan fingerprint density at radius 3 is 2.72 bits per heavy atom. The Labute approximate surface area is 231 Å². The van der Waals surface area contributed by atoms with Crippen molar-refractivity contribution >= 4 is 28.6 Å². The number of carbonyl (C=O) groups is 1. The number of esters is 1. The number of ether oxygens (including phenoxy) is 4. The molecule has 0 aromatic carbocycles. The standard InChI is InChI=1S/C29H48FIO5/c1-6-7-16-29(3,4)23(36-25-13-8-9-17-34-25)15-14-20-19(2)18-22-26(20)27(30)28(35-22)21(31)11-10-12-24(32)33-5/h14-15,19-23,25-28H,6-13,16-18H2,1-5H3/t19-,20+,21?,22+,23-,25?,26-,27+,28?/m1/s1. The number of methoxy groups -OCH3 is 1. The lowest BCUT2D eigenvalue weighted by Gasteiger charge is -2.36. The molecule has 2 heterocycles. The van der Waals surface area contributed by atoms with Crippen LogP contribution in [0.3, 0.4) is 0 Å². The van der Waals surface area contributed by atoms with Crippen molar-refractivity contribution in [1.29, 1.82) is 0 Å². The van der Waals surface area contributed by atoms with Crippen molar-refractivity contribution in [3.8, 4) is 0 Å². The van der Waals surface area contributed by atoms with E-state index in [1.807, 2.05) is 0 Å². The Morgan fingerprint density at radius 1 is 1.28 bits per heavy atom. The van der Waals surface area contributed by atoms with E-state index in [0.29, 0.717) is 18.8 Å². The Bertz CT molecular complexity index is 710. The van der Waals surface area contributed by atoms with E-state index in [-0.39, 0.29) is 45.6 Å². The van der Waals surface area contributed by atoms with Crippen molar-refractivity contribution in [3.05, 3.63) is 12.2 Å². The lowest BCUT2D eigenvalue weighted by Crippen LogP contribution is -2.37. The topological polar surface area (TPSA) is 54.0 Å². The number of halogens is 2. The average Bonchev–Trinajstić information content (AvgIpc) is 3.35. The molecule has 3 aliphatic rings. The van der Waals surface area contributed by atoms with Gasteiger partial charge in [-0.2, -0.15) is 0 Å². The molecule has 0 radical (unpaired) electrons. The molecular weight excluding hydrogens is 574 g/mol. The van der Waals surface area contributed by atoms with E-state index in [2.05, 4.69) is 62.4 Å². The van der Waals surface area contributed by atoms with Crippen molar-refractivity contribution in [2.75, 3.05) is 13.7 Å². The second-order valence-corrected chi connectivity index (χ2v) is 13.4. The van der Waals surface area contributed by atoms with Crippen LogP contribution in [-0.4, -0.2) is 54.4 Å². The molecule has 7 heteroatoms. The normalized spacial score (nSPS) is 34.6. The molecule has 0 aromatic rings. The minimum atomic E-state index is -0.997. The van der Waals surface area contributed by atoms with E-state index in [4.69, 9.17) is 18.9 Å². The fourth-order valence-corrected chi connectivity index (χ4v) is 7.16. The van der Waals surface area contributed by atoms with Crippen molar-refractivity contribution in [2.24, 2.45) is 23.2 Å². The number of fused-ring (bicyclic) bond motifs is 1. The smallest absolute Gasteiger partial charge is 0.305 e. The zero-order valence-corrected chi connectivity index (χ0v) is 25.1. The first-order valence-electron chi connectivity index (χ1n) is 14.1. The lowest BCUT2D eigenvalue weighted by molar-refractivity contribution is -0.197. The lowest BCUT2D eigenvalue weighted by atomic mass is 9.79. The van der Waals surface area contributed by atoms with Gasteiger partial charge in [-0.05, 0) is 62.2 Å². The number of unbranched alkanes of at least 4 members (excludes halogenated alkanes) is 1. The molecule has 3 unspecified atom stereocenters. The van der Waals surface area contributed by atoms with Gasteiger partial charge in [-0.3, -0.25) is 4.79 Å². The van der Waals surface area contributed by atoms with Crippen molar-refractivity contribution in [2.45, 2.75) is 127 Å². The van der Waals surface area contributed by atoms with Gasteiger partial charge in [0.25, 0.3) is 0 Å². The molecule has 3 rings (SSSR count). The van der Waals surface area contributed by atoms with Crippen LogP contribution in [0.2, 0.25) is 0 Å². The van der Waals surface area contributed by atoms with Crippen LogP contribution in [0.1, 0.15) is 91.9 Å². The molecular formula is C29H48FIO5. The Hall–Kier alpha value is -0.250. The van der Waals surface area contributed by atoms with Crippen LogP contribution < -0.4 is 0 Å². The molecule has 208 valence electrons. The minimum Gasteiger partial charge on any atom is -0.469 e. The molecule has 2 aliphatic heterocycles. The van der Waals surface area contributed by atoms with Crippen LogP contribution in [0.5, 0.6) is 0 Å². The summed E-state index contributed by atoms with van der Waals surface area (Å²) in [6.07, 6.45) is 12.1. The Balaban J connectivity index is 1.67. The third-order valence-corrected chi connectivity index (χ3v) is 9.81. The fraction of sp³-hybridized carbons (Fsp3) is 0.897. The van der Waals surface area contributed by atoms with E-state index in [0.717, 1.165) is 58.0 Å². The molecule has 0 spiro atoms. The number of rotatable bonds is 13. The summed E-state index contributed by atoms with van der Waals surface area (Å²) >= 11 is 2.31. The van der Waals surface area contributed by atoms with Gasteiger partial charge in [-0.15, -0.1) is 0 Å². The molecule has 1 saturated carbocycles. The molecule has 1 aliphatic carbocycles. The summed E-state index contributed by atoms with van der Waals surface area (Å²) in [6, 6.07) is 0. The predicted octanol–water partition coefficient (Wildman–Crippen LogP) is 7.20. The van der Waals surface area contributed by atoms with Crippen LogP contribution in [-0.2, 0) is 23.7 Å². The zero-order valence-electron chi connectivity index (χ0n) is 22.9. The van der Waals surface area contributed by atoms with Gasteiger partial charge in [0, 0.05) is 22.9 Å². The molecule has 0 bridgehead atoms. The van der Waals surface area contributed by atoms with Gasteiger partial charge >= 0.3 is 5.97 Å². The molecule has 0 aromatic heterocycles. The maximum absolute atomic E-state index is 15.9. The highest BCUT2D eigenvalue weighted by atomic mass is 127. The van der Waals surface area contributed by atoms with E-state index < -0.39 is 12.3 Å². The van der Waals surface area contributed by atoms with Gasteiger partial charge < -0.3 is 18.9 Å². The fourth-order valence-electron chi connectivity index (χ4n) is 6.15. The van der Waals surface area contributed by atoms with Crippen LogP contribution >= 0.6 is 22.6 Å². The van der Waals surface area contributed by atoms with E-state index >= 15 is 4.39 Å². The summed E-state index contributed by atoms with van der Waals surface area (Å²) in [6.45, 7) is 9.77. The number of hydrogen-bond donors (Lipinski definition) is 0. The number of carbonyl (C=O) groups excluding carboxylic acids is 1. The van der Waals surface area contributed by atoms with Gasteiger partial charge in [0.1, 0.15) is 12.3 Å². The molecule has 2 saturated heterocycles. The highest BCUT2D eigenvalue weighted by molar-refractivity contribution is 14.1. The van der Waals surface area contributed by atoms with Crippen molar-refractivity contribution < 1.29 is 28.1 Å². The molecule has 3 fully saturated rings. The van der Waals surface area contributed by atoms with E-state index in [1.54, 1.807) is 0 Å². The van der Waals surface area contributed by atoms with Crippen LogP contribution in [0.25, 0.3) is 0 Å². The van der Waals surface area contributed by atoms with Gasteiger partial charge in [-0.1, -0.05) is 75.3 Å². The second-order valence-electron chi connectivity index (χ2n) is 11.8. The maximum Gasteiger partial charge on any atom is 0.305 e. The summed E-state index contributed by atoms with van der Waals surface area (Å²) in [4.78, 5) is 11.4. The molecule has 0 N–H and O–H groups in total. The second kappa shape index (κ2) is 14.2. The number of hydrogen-bond acceptors (Lipinski definition) is 5. The summed E-state index contributed by atoms with van der Waals surface area (Å²) in [5, 5.41) is 0. The molecule has 5 nitrogen and oxygen atoms in total. The van der Waals surface area contributed by atoms with Gasteiger partial charge in [0.15, 0.2) is 6.29 Å². The SMILES string of the molecule is CCCCC(C)(C)[C@@H](C=C[C@@H]1[C@@H]2[C@H](C[C@H]1C)OC(C(I)CCCC(=O)OC)[C@H]2F)OC1CCCCO1. The molecule has 9 atom stereocenters. The first kappa shape index (κ1) is 30.3. The zero-order chi connectivity index (χ0) is 26.3. The van der Waals surface area contributed by atoms with Gasteiger partial charge in [-0.25, -0.2) is 4.39 Å². The third kappa shape index (κ3) is 7.89. The highest BCUT2D eigenvalue weighted by Gasteiger charge is 2.55. The minimum absolute atomic E-state index is 0.0225. The van der Waals surface area contributed by atoms with Crippen molar-refractivity contribution in [1.82, 2.24) is 0 Å². The summed E-state index contributed by atoms with van der Waals surface area (Å²) in [5.41, 5.74) is -0.0225. The highest BCUT2D eigenvalue weighted by Crippen LogP contribution is 2.50. The number of allylic oxidation sites excluding steroid dienone is 1. The monoisotopic (exact) mass is 622 g/mol. The third-order valence-electron chi connectivity index (χ3n) is 8.48. The van der Waals surface area contributed by atoms with Gasteiger partial charge in [0.2, 0.25) is 0 Å². The van der Waals surface area contributed by atoms with Crippen LogP contribution in [0, 0.1) is 23.2 Å². The quantitative estimate of drug-likeness (QED) is 0.0942. The Kier molecular flexibility index (Phi) is 12.0. The molecule has 36 heavy (non-hydrogen) atoms. The van der Waals surface area contributed by atoms with Crippen LogP contribution in [0.15, 0.2) is 12.2 Å². The number of alkyl halides is 2. The summed E-state index contributed by atoms with van der Waals surface area (Å²) < 4.78 is 39.4. The average molecular weight is 623 g/mol. The van der Waals surface area contributed by atoms with Crippen molar-refractivity contribution in [3.63, 3.8) is 0 Å². The molecule has 0 amide bonds. The predicted molar refractivity (Wildman–Crippen MR) is 149 cm³/mol. The van der Waals surface area contributed by atoms with Crippen LogP contribution in [0.4, 0.5) is 4.39 Å². The summed E-state index contributed by atoms with van der Waals surface area (Å²) in [7, 11) is 1.40. The Morgan fingerprint density at radius 2 is 2.06 bits per heavy atom. The largest absolute Gasteiger partial charge is 0.469 e.